The first-order valence-corrected chi connectivity index (χ1v) is 5.53. The van der Waals surface area contributed by atoms with Crippen LogP contribution in [0.15, 0.2) is 6.07 Å². The molecule has 0 aliphatic rings. The Hall–Kier alpha value is -1.98. The molecule has 0 spiro atoms. The minimum Gasteiger partial charge on any atom is -0.477 e. The second-order valence-corrected chi connectivity index (χ2v) is 4.16. The quantitative estimate of drug-likeness (QED) is 0.870. The number of carbonyl (C=O) groups is 1. The summed E-state index contributed by atoms with van der Waals surface area (Å²) in [4.78, 5) is 15.5. The molecule has 0 atom stereocenters. The van der Waals surface area contributed by atoms with Crippen LogP contribution in [0.4, 0.5) is 0 Å². The van der Waals surface area contributed by atoms with Gasteiger partial charge in [-0.2, -0.15) is 4.52 Å². The summed E-state index contributed by atoms with van der Waals surface area (Å²) in [7, 11) is 0. The third kappa shape index (κ3) is 1.86. The van der Waals surface area contributed by atoms with Gasteiger partial charge in [-0.15, -0.1) is 5.10 Å². The molecule has 2 rings (SSSR count). The summed E-state index contributed by atoms with van der Waals surface area (Å²) in [6, 6.07) is 1.54. The third-order valence-corrected chi connectivity index (χ3v) is 2.58. The molecule has 0 radical (unpaired) electrons. The predicted molar refractivity (Wildman–Crippen MR) is 61.2 cm³/mol. The highest BCUT2D eigenvalue weighted by molar-refractivity contribution is 5.86. The zero-order chi connectivity index (χ0) is 12.6. The van der Waals surface area contributed by atoms with E-state index in [1.54, 1.807) is 0 Å². The fraction of sp³-hybridized carbons (Fsp3) is 0.455. The molecule has 2 aromatic heterocycles. The molecule has 6 heteroatoms. The van der Waals surface area contributed by atoms with Crippen molar-refractivity contribution in [3.8, 4) is 0 Å². The van der Waals surface area contributed by atoms with Gasteiger partial charge in [-0.25, -0.2) is 9.78 Å². The average molecular weight is 234 g/mol. The molecule has 17 heavy (non-hydrogen) atoms. The summed E-state index contributed by atoms with van der Waals surface area (Å²) >= 11 is 0. The molecule has 0 aromatic carbocycles. The van der Waals surface area contributed by atoms with Gasteiger partial charge >= 0.3 is 5.97 Å². The number of rotatable bonds is 3. The molecule has 1 N–H and O–H groups in total. The molecule has 0 unspecified atom stereocenters. The predicted octanol–water partition coefficient (Wildman–Crippen LogP) is 1.51. The van der Waals surface area contributed by atoms with Gasteiger partial charge in [-0.3, -0.25) is 0 Å². The summed E-state index contributed by atoms with van der Waals surface area (Å²) in [5, 5.41) is 17.0. The van der Waals surface area contributed by atoms with Gasteiger partial charge < -0.3 is 5.11 Å². The first-order chi connectivity index (χ1) is 8.04. The van der Waals surface area contributed by atoms with E-state index in [-0.39, 0.29) is 11.6 Å². The number of aromatic nitrogens is 4. The summed E-state index contributed by atoms with van der Waals surface area (Å²) in [5.74, 6) is -0.860. The van der Waals surface area contributed by atoms with Gasteiger partial charge in [0.15, 0.2) is 11.3 Å². The molecule has 2 heterocycles. The van der Waals surface area contributed by atoms with Crippen molar-refractivity contribution in [1.82, 2.24) is 19.8 Å². The maximum absolute atomic E-state index is 11.1. The van der Waals surface area contributed by atoms with E-state index >= 15 is 0 Å². The van der Waals surface area contributed by atoms with Crippen molar-refractivity contribution < 1.29 is 9.90 Å². The van der Waals surface area contributed by atoms with E-state index < -0.39 is 5.97 Å². The monoisotopic (exact) mass is 234 g/mol. The maximum atomic E-state index is 11.1. The Labute approximate surface area is 98.3 Å². The highest BCUT2D eigenvalue weighted by atomic mass is 16.4. The number of nitrogens with zero attached hydrogens (tertiary/aromatic N) is 4. The van der Waals surface area contributed by atoms with Crippen LogP contribution in [0.5, 0.6) is 0 Å². The van der Waals surface area contributed by atoms with Crippen LogP contribution in [0.2, 0.25) is 0 Å². The Bertz CT molecular complexity index is 574. The van der Waals surface area contributed by atoms with Gasteiger partial charge in [0, 0.05) is 11.6 Å². The molecule has 90 valence electrons. The third-order valence-electron chi connectivity index (χ3n) is 2.58. The smallest absolute Gasteiger partial charge is 0.354 e. The van der Waals surface area contributed by atoms with Crippen molar-refractivity contribution >= 4 is 11.6 Å². The molecule has 6 nitrogen and oxygen atoms in total. The molecule has 0 aliphatic heterocycles. The largest absolute Gasteiger partial charge is 0.477 e. The SMILES string of the molecule is CCc1cc(C(=O)O)n2nnc(C(C)C)c2n1. The summed E-state index contributed by atoms with van der Waals surface area (Å²) in [6.07, 6.45) is 0.680. The lowest BCUT2D eigenvalue weighted by Gasteiger charge is -2.04. The Morgan fingerprint density at radius 1 is 1.53 bits per heavy atom. The molecule has 0 saturated heterocycles. The molecule has 2 aromatic rings. The van der Waals surface area contributed by atoms with E-state index in [0.717, 1.165) is 11.4 Å². The molecular weight excluding hydrogens is 220 g/mol. The van der Waals surface area contributed by atoms with Crippen molar-refractivity contribution in [2.24, 2.45) is 0 Å². The van der Waals surface area contributed by atoms with Gasteiger partial charge in [0.1, 0.15) is 5.69 Å². The molecular formula is C11H14N4O2. The van der Waals surface area contributed by atoms with Crippen LogP contribution < -0.4 is 0 Å². The van der Waals surface area contributed by atoms with Crippen molar-refractivity contribution in [3.63, 3.8) is 0 Å². The normalized spacial score (nSPS) is 11.3. The molecule has 0 aliphatic carbocycles. The minimum absolute atomic E-state index is 0.103. The van der Waals surface area contributed by atoms with E-state index in [1.807, 2.05) is 20.8 Å². The van der Waals surface area contributed by atoms with Gasteiger partial charge in [0.05, 0.1) is 0 Å². The minimum atomic E-state index is -1.02. The number of fused-ring (bicyclic) bond motifs is 1. The van der Waals surface area contributed by atoms with E-state index in [1.165, 1.54) is 10.6 Å². The molecule has 0 fully saturated rings. The van der Waals surface area contributed by atoms with Crippen LogP contribution in [0.25, 0.3) is 5.65 Å². The first-order valence-electron chi connectivity index (χ1n) is 5.53. The lowest BCUT2D eigenvalue weighted by atomic mass is 10.1. The Balaban J connectivity index is 2.78. The summed E-state index contributed by atoms with van der Waals surface area (Å²) in [5.41, 5.74) is 2.10. The van der Waals surface area contributed by atoms with Crippen molar-refractivity contribution in [1.29, 1.82) is 0 Å². The van der Waals surface area contributed by atoms with Crippen LogP contribution >= 0.6 is 0 Å². The lowest BCUT2D eigenvalue weighted by Crippen LogP contribution is -2.09. The zero-order valence-electron chi connectivity index (χ0n) is 10.0. The second-order valence-electron chi connectivity index (χ2n) is 4.16. The molecule has 0 bridgehead atoms. The van der Waals surface area contributed by atoms with E-state index in [0.29, 0.717) is 12.1 Å². The first kappa shape index (κ1) is 11.5. The average Bonchev–Trinajstić information content (AvgIpc) is 2.70. The number of carboxylic acid groups (broad SMARTS) is 1. The maximum Gasteiger partial charge on any atom is 0.354 e. The summed E-state index contributed by atoms with van der Waals surface area (Å²) in [6.45, 7) is 5.89. The van der Waals surface area contributed by atoms with E-state index in [9.17, 15) is 4.79 Å². The summed E-state index contributed by atoms with van der Waals surface area (Å²) < 4.78 is 1.29. The topological polar surface area (TPSA) is 80.4 Å². The number of carboxylic acids is 1. The Morgan fingerprint density at radius 2 is 2.24 bits per heavy atom. The number of aryl methyl sites for hydroxylation is 1. The van der Waals surface area contributed by atoms with Crippen molar-refractivity contribution in [2.45, 2.75) is 33.1 Å². The lowest BCUT2D eigenvalue weighted by molar-refractivity contribution is 0.0686. The van der Waals surface area contributed by atoms with Crippen LogP contribution in [-0.2, 0) is 6.42 Å². The van der Waals surface area contributed by atoms with Crippen molar-refractivity contribution in [2.75, 3.05) is 0 Å². The fourth-order valence-electron chi connectivity index (χ4n) is 1.65. The second kappa shape index (κ2) is 4.12. The Morgan fingerprint density at radius 3 is 2.76 bits per heavy atom. The number of aromatic carboxylic acids is 1. The zero-order valence-corrected chi connectivity index (χ0v) is 10.0. The molecule has 0 saturated carbocycles. The van der Waals surface area contributed by atoms with Gasteiger partial charge in [-0.1, -0.05) is 26.0 Å². The van der Waals surface area contributed by atoms with Gasteiger partial charge in [0.25, 0.3) is 0 Å². The van der Waals surface area contributed by atoms with Crippen LogP contribution in [-0.4, -0.2) is 30.9 Å². The van der Waals surface area contributed by atoms with Crippen molar-refractivity contribution in [3.05, 3.63) is 23.1 Å². The highest BCUT2D eigenvalue weighted by Gasteiger charge is 2.18. The number of hydrogen-bond acceptors (Lipinski definition) is 4. The van der Waals surface area contributed by atoms with Crippen LogP contribution in [0.1, 0.15) is 48.6 Å². The van der Waals surface area contributed by atoms with Crippen LogP contribution in [0.3, 0.4) is 0 Å². The van der Waals surface area contributed by atoms with E-state index in [2.05, 4.69) is 15.3 Å². The Kier molecular flexibility index (Phi) is 2.79. The van der Waals surface area contributed by atoms with E-state index in [4.69, 9.17) is 5.11 Å². The van der Waals surface area contributed by atoms with Gasteiger partial charge in [0.2, 0.25) is 0 Å². The standard InChI is InChI=1S/C11H14N4O2/c1-4-7-5-8(11(16)17)15-10(12-7)9(6(2)3)13-14-15/h5-6H,4H2,1-3H3,(H,16,17). The highest BCUT2D eigenvalue weighted by Crippen LogP contribution is 2.18. The van der Waals surface area contributed by atoms with Gasteiger partial charge in [-0.05, 0) is 12.5 Å². The number of hydrogen-bond donors (Lipinski definition) is 1. The van der Waals surface area contributed by atoms with Crippen LogP contribution in [0, 0.1) is 0 Å². The fourth-order valence-corrected chi connectivity index (χ4v) is 1.65. The molecule has 0 amide bonds.